The van der Waals surface area contributed by atoms with E-state index in [0.29, 0.717) is 25.7 Å². The normalized spacial score (nSPS) is 53.6. The Hall–Kier alpha value is -1.48. The van der Waals surface area contributed by atoms with Crippen molar-refractivity contribution in [1.29, 1.82) is 0 Å². The lowest BCUT2D eigenvalue weighted by atomic mass is 9.44. The number of ketones is 1. The van der Waals surface area contributed by atoms with E-state index < -0.39 is 93.6 Å². The summed E-state index contributed by atoms with van der Waals surface area (Å²) in [5.74, 6) is -4.18. The Kier molecular flexibility index (Phi) is 7.91. The number of carbonyl (C=O) groups excluding carboxylic acids is 2. The maximum atomic E-state index is 15.1. The van der Waals surface area contributed by atoms with Crippen LogP contribution in [0.15, 0.2) is 11.6 Å². The van der Waals surface area contributed by atoms with Crippen molar-refractivity contribution >= 4 is 11.8 Å². The van der Waals surface area contributed by atoms with Crippen LogP contribution in [0.4, 0.5) is 0 Å². The Labute approximate surface area is 288 Å². The van der Waals surface area contributed by atoms with E-state index in [-0.39, 0.29) is 30.0 Å². The van der Waals surface area contributed by atoms with Gasteiger partial charge in [0.15, 0.2) is 6.29 Å². The third-order valence-corrected chi connectivity index (χ3v) is 15.1. The number of hydrogen-bond donors (Lipinski definition) is 6. The average molecular weight is 693 g/mol. The highest BCUT2D eigenvalue weighted by Crippen LogP contribution is 2.88. The smallest absolute Gasteiger partial charge is 0.302 e. The Morgan fingerprint density at radius 3 is 2.41 bits per heavy atom. The van der Waals surface area contributed by atoms with Gasteiger partial charge in [0.05, 0.1) is 29.8 Å². The molecule has 2 heterocycles. The first-order valence-corrected chi connectivity index (χ1v) is 18.1. The van der Waals surface area contributed by atoms with Crippen LogP contribution in [0.3, 0.4) is 0 Å². The average Bonchev–Trinajstić information content (AvgIpc) is 3.63. The standard InChI is InChI=1S/C37H56O12/c1-17-13-20(28(42)32(5,6)44)49-37(45)27(17)34(8)24(47-18(2)38)14-36-16-35(36)12-11-23(48-29-26(41)25(40)19(39)15-46-29)31(3,4)21(35)9-10-22(36)33(34,7)30(37)43/h10,17,19-21,23-29,39-42,44-45H,9,11-16H2,1-8H3. The van der Waals surface area contributed by atoms with Crippen LogP contribution in [-0.4, -0.2) is 109 Å². The van der Waals surface area contributed by atoms with Gasteiger partial charge in [-0.2, -0.15) is 0 Å². The molecule has 0 aromatic carbocycles. The molecule has 0 aromatic rings. The second-order valence-electron chi connectivity index (χ2n) is 18.2. The molecule has 0 bridgehead atoms. The molecule has 276 valence electrons. The van der Waals surface area contributed by atoms with Crippen molar-refractivity contribution in [2.24, 2.45) is 44.8 Å². The number of aliphatic hydroxyl groups is 6. The molecule has 6 N–H and O–H groups in total. The number of ether oxygens (including phenoxy) is 4. The fraction of sp³-hybridized carbons (Fsp3) is 0.892. The monoisotopic (exact) mass is 692 g/mol. The lowest BCUT2D eigenvalue weighted by Gasteiger charge is -2.61. The highest BCUT2D eigenvalue weighted by Gasteiger charge is 2.88. The van der Waals surface area contributed by atoms with Crippen LogP contribution < -0.4 is 0 Å². The molecule has 16 atom stereocenters. The summed E-state index contributed by atoms with van der Waals surface area (Å²) in [6, 6.07) is 0. The molecule has 49 heavy (non-hydrogen) atoms. The number of carbonyl (C=O) groups is 2. The van der Waals surface area contributed by atoms with E-state index in [9.17, 15) is 35.4 Å². The maximum absolute atomic E-state index is 15.1. The molecule has 0 amide bonds. The fourth-order valence-electron chi connectivity index (χ4n) is 12.7. The number of allylic oxidation sites excluding steroid dienone is 2. The molecule has 5 aliphatic carbocycles. The van der Waals surface area contributed by atoms with Crippen molar-refractivity contribution in [2.75, 3.05) is 6.61 Å². The summed E-state index contributed by atoms with van der Waals surface area (Å²) >= 11 is 0. The van der Waals surface area contributed by atoms with Crippen LogP contribution in [0.5, 0.6) is 0 Å². The van der Waals surface area contributed by atoms with Crippen molar-refractivity contribution in [3.05, 3.63) is 11.6 Å². The zero-order chi connectivity index (χ0) is 36.1. The van der Waals surface area contributed by atoms with Crippen LogP contribution in [0.1, 0.15) is 93.9 Å². The molecule has 12 nitrogen and oxygen atoms in total. The lowest BCUT2D eigenvalue weighted by molar-refractivity contribution is -0.307. The summed E-state index contributed by atoms with van der Waals surface area (Å²) in [5, 5.41) is 65.0. The molecule has 2 spiro atoms. The van der Waals surface area contributed by atoms with Gasteiger partial charge in [0.2, 0.25) is 11.6 Å². The second kappa shape index (κ2) is 10.8. The Morgan fingerprint density at radius 2 is 1.78 bits per heavy atom. The summed E-state index contributed by atoms with van der Waals surface area (Å²) < 4.78 is 24.5. The maximum Gasteiger partial charge on any atom is 0.302 e. The summed E-state index contributed by atoms with van der Waals surface area (Å²) in [4.78, 5) is 27.9. The van der Waals surface area contributed by atoms with E-state index in [1.165, 1.54) is 20.8 Å². The van der Waals surface area contributed by atoms with E-state index in [1.54, 1.807) is 0 Å². The topological polar surface area (TPSA) is 192 Å². The second-order valence-corrected chi connectivity index (χ2v) is 18.2. The van der Waals surface area contributed by atoms with Gasteiger partial charge in [0.1, 0.15) is 30.5 Å². The van der Waals surface area contributed by atoms with Crippen LogP contribution in [0.25, 0.3) is 0 Å². The first-order valence-electron chi connectivity index (χ1n) is 18.1. The van der Waals surface area contributed by atoms with E-state index in [4.69, 9.17) is 18.9 Å². The minimum atomic E-state index is -2.27. The fourth-order valence-corrected chi connectivity index (χ4v) is 12.7. The van der Waals surface area contributed by atoms with Crippen LogP contribution >= 0.6 is 0 Å². The van der Waals surface area contributed by atoms with Gasteiger partial charge in [-0.05, 0) is 82.0 Å². The Morgan fingerprint density at radius 1 is 1.10 bits per heavy atom. The first-order chi connectivity index (χ1) is 22.5. The molecule has 16 unspecified atom stereocenters. The van der Waals surface area contributed by atoms with Gasteiger partial charge >= 0.3 is 5.97 Å². The van der Waals surface area contributed by atoms with Gasteiger partial charge in [0.25, 0.3) is 0 Å². The van der Waals surface area contributed by atoms with Gasteiger partial charge in [-0.1, -0.05) is 39.3 Å². The van der Waals surface area contributed by atoms with E-state index >= 15 is 4.79 Å². The number of esters is 1. The number of rotatable bonds is 5. The summed E-state index contributed by atoms with van der Waals surface area (Å²) in [7, 11) is 0. The SMILES string of the molecule is CC(=O)OC1CC23CC24CCC(OC2OCC(O)C(O)C2O)C(C)(C)C4CC=C3C2(C)C(=O)C3(O)OC(C(O)C(C)(C)O)CC(C)C3C12C. The quantitative estimate of drug-likeness (QED) is 0.181. The minimum absolute atomic E-state index is 0.105. The minimum Gasteiger partial charge on any atom is -0.462 e. The summed E-state index contributed by atoms with van der Waals surface area (Å²) in [5.41, 5.74) is -3.95. The van der Waals surface area contributed by atoms with Gasteiger partial charge in [-0.3, -0.25) is 9.59 Å². The van der Waals surface area contributed by atoms with E-state index in [2.05, 4.69) is 19.9 Å². The lowest BCUT2D eigenvalue weighted by Crippen LogP contribution is -2.62. The molecule has 6 fully saturated rings. The zero-order valence-corrected chi connectivity index (χ0v) is 30.0. The number of hydrogen-bond acceptors (Lipinski definition) is 12. The van der Waals surface area contributed by atoms with Gasteiger partial charge < -0.3 is 49.6 Å². The molecule has 0 aromatic heterocycles. The Balaban J connectivity index is 1.27. The van der Waals surface area contributed by atoms with Gasteiger partial charge in [-0.25, -0.2) is 0 Å². The number of fused-ring (bicyclic) bond motifs is 4. The third-order valence-electron chi connectivity index (χ3n) is 15.1. The first kappa shape index (κ1) is 35.9. The van der Waals surface area contributed by atoms with Crippen molar-refractivity contribution in [1.82, 2.24) is 0 Å². The largest absolute Gasteiger partial charge is 0.462 e. The summed E-state index contributed by atoms with van der Waals surface area (Å²) in [6.07, 6.45) is -2.60. The molecule has 2 aliphatic heterocycles. The predicted octanol–water partition coefficient (Wildman–Crippen LogP) is 1.75. The Bertz CT molecular complexity index is 1440. The molecular formula is C37H56O12. The van der Waals surface area contributed by atoms with E-state index in [0.717, 1.165) is 18.4 Å². The van der Waals surface area contributed by atoms with Crippen LogP contribution in [0.2, 0.25) is 0 Å². The molecule has 0 radical (unpaired) electrons. The molecular weight excluding hydrogens is 636 g/mol. The third kappa shape index (κ3) is 4.41. The van der Waals surface area contributed by atoms with Crippen molar-refractivity contribution in [3.63, 3.8) is 0 Å². The van der Waals surface area contributed by atoms with Crippen molar-refractivity contribution in [2.45, 2.75) is 154 Å². The van der Waals surface area contributed by atoms with Crippen molar-refractivity contribution in [3.8, 4) is 0 Å². The highest BCUT2D eigenvalue weighted by molar-refractivity contribution is 5.99. The van der Waals surface area contributed by atoms with Gasteiger partial charge in [0, 0.05) is 23.7 Å². The molecule has 7 rings (SSSR count). The molecule has 2 saturated heterocycles. The molecule has 7 aliphatic rings. The van der Waals surface area contributed by atoms with Crippen molar-refractivity contribution < 1.29 is 59.2 Å². The predicted molar refractivity (Wildman–Crippen MR) is 172 cm³/mol. The molecule has 4 saturated carbocycles. The van der Waals surface area contributed by atoms with Crippen LogP contribution in [-0.2, 0) is 28.5 Å². The zero-order valence-electron chi connectivity index (χ0n) is 30.0. The van der Waals surface area contributed by atoms with E-state index in [1.807, 2.05) is 20.8 Å². The molecule has 12 heteroatoms. The number of aliphatic hydroxyl groups excluding tert-OH is 4. The highest BCUT2D eigenvalue weighted by atomic mass is 16.7. The summed E-state index contributed by atoms with van der Waals surface area (Å²) in [6.45, 7) is 14.2. The number of Topliss-reactive ketones (excluding diaryl/α,β-unsaturated/α-hetero) is 1. The van der Waals surface area contributed by atoms with Gasteiger partial charge in [-0.15, -0.1) is 0 Å². The van der Waals surface area contributed by atoms with Crippen LogP contribution in [0, 0.1) is 44.8 Å².